The molecule has 1 aromatic carbocycles. The number of esters is 10. The first-order chi connectivity index (χ1) is 45.2. The topological polar surface area (TPSA) is 450 Å². The van der Waals surface area contributed by atoms with Crippen LogP contribution in [0.15, 0.2) is 30.3 Å². The lowest BCUT2D eigenvalue weighted by molar-refractivity contribution is -0.163. The maximum Gasteiger partial charge on any atom is 0.311 e. The molecule has 1 rings (SSSR count). The molecule has 0 fully saturated rings. The lowest BCUT2D eigenvalue weighted by Crippen LogP contribution is -2.37. The number of ether oxygens (including phenoxy) is 10. The predicted octanol–water partition coefficient (Wildman–Crippen LogP) is 7.78. The van der Waals surface area contributed by atoms with E-state index < -0.39 is 177 Å². The summed E-state index contributed by atoms with van der Waals surface area (Å²) in [5, 5.41) is 45.1. The molecular weight excluding hydrogens is 1300 g/mol. The third kappa shape index (κ3) is 35.5. The van der Waals surface area contributed by atoms with Gasteiger partial charge in [0, 0.05) is 0 Å². The van der Waals surface area contributed by atoms with Gasteiger partial charge in [0.05, 0.1) is 149 Å². The third-order valence-corrected chi connectivity index (χ3v) is 15.7. The summed E-state index contributed by atoms with van der Waals surface area (Å²) >= 11 is 0. The zero-order valence-corrected chi connectivity index (χ0v) is 60.8. The molecule has 0 bridgehead atoms. The van der Waals surface area contributed by atoms with E-state index in [1.807, 2.05) is 30.3 Å². The first-order valence-corrected chi connectivity index (χ1v) is 31.6. The molecule has 0 saturated carbocycles. The highest BCUT2D eigenvalue weighted by Crippen LogP contribution is 2.35. The van der Waals surface area contributed by atoms with Gasteiger partial charge in [-0.3, -0.25) is 71.9 Å². The Morgan fingerprint density at radius 3 is 0.888 bits per heavy atom. The average Bonchev–Trinajstić information content (AvgIpc) is 0.858. The maximum atomic E-state index is 12.4. The minimum absolute atomic E-state index is 0.0285. The summed E-state index contributed by atoms with van der Waals surface area (Å²) in [7, 11) is 6.07. The van der Waals surface area contributed by atoms with Gasteiger partial charge in [0.25, 0.3) is 0 Å². The summed E-state index contributed by atoms with van der Waals surface area (Å²) < 4.78 is 47.8. The Kier molecular flexibility index (Phi) is 46.9. The van der Waals surface area contributed by atoms with E-state index in [1.165, 1.54) is 70.2 Å². The fourth-order valence-corrected chi connectivity index (χ4v) is 9.08. The molecular formula is C68H108O30. The van der Waals surface area contributed by atoms with Crippen molar-refractivity contribution in [2.75, 3.05) is 62.0 Å². The normalized spacial score (nSPS) is 14.6. The van der Waals surface area contributed by atoms with Crippen LogP contribution in [0.25, 0.3) is 0 Å². The van der Waals surface area contributed by atoms with Crippen LogP contribution in [0, 0.1) is 87.3 Å². The molecule has 30 nitrogen and oxygen atoms in total. The number of methoxy groups -OCH3 is 5. The Bertz CT molecular complexity index is 2730. The van der Waals surface area contributed by atoms with Crippen LogP contribution in [0.2, 0.25) is 0 Å². The van der Waals surface area contributed by atoms with Crippen molar-refractivity contribution in [2.45, 2.75) is 156 Å². The number of aliphatic carboxylic acids is 5. The lowest BCUT2D eigenvalue weighted by atomic mass is 9.77. The zero-order valence-electron chi connectivity index (χ0n) is 60.8. The van der Waals surface area contributed by atoms with E-state index in [4.69, 9.17) is 49.2 Å². The number of hydrogen-bond acceptors (Lipinski definition) is 25. The SMILES string of the molecule is CCOC(=O)C(C)CC(C(=O)OCC)C(C)C(=O)O.CCOC(=O)C(CC(C)(C)C(=O)OCC)C(C)C(=O)O.COC(=O)C(C)CC(C(=O)OC)C(C)C(=O)O.COC(=O)C(CC(C)(C)C(=O)OC)C(C)C(=O)O.COC(=O)C(CC(C)(C)C(=O)OCc1ccccc1)C(C)C(=O)O. The van der Waals surface area contributed by atoms with Crippen molar-refractivity contribution in [1.29, 1.82) is 0 Å². The van der Waals surface area contributed by atoms with E-state index in [0.29, 0.717) is 0 Å². The van der Waals surface area contributed by atoms with E-state index in [1.54, 1.807) is 83.1 Å². The molecule has 12 unspecified atom stereocenters. The van der Waals surface area contributed by atoms with Crippen LogP contribution in [0.4, 0.5) is 0 Å². The number of carbonyl (C=O) groups excluding carboxylic acids is 10. The lowest BCUT2D eigenvalue weighted by Gasteiger charge is -2.28. The Hall–Kier alpha value is -8.73. The number of rotatable bonds is 36. The minimum atomic E-state index is -1.11. The Labute approximate surface area is 574 Å². The van der Waals surface area contributed by atoms with E-state index >= 15 is 0 Å². The van der Waals surface area contributed by atoms with Gasteiger partial charge in [-0.15, -0.1) is 0 Å². The van der Waals surface area contributed by atoms with Gasteiger partial charge < -0.3 is 72.9 Å². The monoisotopic (exact) mass is 1400 g/mol. The molecule has 0 aliphatic carbocycles. The second-order valence-corrected chi connectivity index (χ2v) is 24.8. The van der Waals surface area contributed by atoms with Gasteiger partial charge in [-0.25, -0.2) is 0 Å². The first kappa shape index (κ1) is 95.7. The zero-order chi connectivity index (χ0) is 77.3. The number of carboxylic acids is 5. The molecule has 1 aromatic rings. The molecule has 5 N–H and O–H groups in total. The van der Waals surface area contributed by atoms with Crippen LogP contribution >= 0.6 is 0 Å². The van der Waals surface area contributed by atoms with Crippen molar-refractivity contribution in [3.8, 4) is 0 Å². The summed E-state index contributed by atoms with van der Waals surface area (Å²) in [4.78, 5) is 172. The molecule has 98 heavy (non-hydrogen) atoms. The molecule has 0 radical (unpaired) electrons. The minimum Gasteiger partial charge on any atom is -0.481 e. The molecule has 0 amide bonds. The van der Waals surface area contributed by atoms with Gasteiger partial charge in [0.1, 0.15) is 6.61 Å². The molecule has 0 heterocycles. The fraction of sp³-hybridized carbons (Fsp3) is 0.691. The molecule has 12 atom stereocenters. The standard InChI is InChI=1S/C18H24O6.C14H24O6.C13H22O6.C12H20O6.C11H18O6/c1-12(15(19)20)14(16(21)23-4)10-18(2,3)17(22)24-11-13-8-6-5-7-9-13;1-6-19-12(17)10(9(3)11(15)16)8-14(4,5)13(18)20-7-2;1-5-18-12(16)8(3)7-10(9(4)11(14)15)13(17)19-6-2;1-7(9(13)14)8(10(15)17-4)6-12(2,3)11(16)18-5;1-6(10(14)16-3)5-8(11(15)17-4)7(2)9(12)13/h5-9,12,14H,10-11H2,1-4H3,(H,19,20);9-10H,6-8H2,1-5H3,(H,15,16);8-10H,5-7H2,1-4H3,(H,14,15);7-8H,6H2,1-5H3,(H,13,14);6-8H,5H2,1-4H3,(H,12,13). The molecule has 0 saturated heterocycles. The van der Waals surface area contributed by atoms with Crippen LogP contribution in [0.3, 0.4) is 0 Å². The van der Waals surface area contributed by atoms with Crippen LogP contribution in [0.5, 0.6) is 0 Å². The van der Waals surface area contributed by atoms with Crippen molar-refractivity contribution in [1.82, 2.24) is 0 Å². The molecule has 560 valence electrons. The van der Waals surface area contributed by atoms with Crippen molar-refractivity contribution >= 4 is 89.5 Å². The van der Waals surface area contributed by atoms with Crippen molar-refractivity contribution < 1.29 is 145 Å². The average molecular weight is 1410 g/mol. The number of carboxylic acid groups (broad SMARTS) is 5. The Morgan fingerprint density at radius 1 is 0.327 bits per heavy atom. The van der Waals surface area contributed by atoms with Crippen molar-refractivity contribution in [2.24, 2.45) is 87.3 Å². The smallest absolute Gasteiger partial charge is 0.311 e. The maximum absolute atomic E-state index is 12.4. The first-order valence-electron chi connectivity index (χ1n) is 31.6. The highest BCUT2D eigenvalue weighted by Gasteiger charge is 2.44. The predicted molar refractivity (Wildman–Crippen MR) is 347 cm³/mol. The summed E-state index contributed by atoms with van der Waals surface area (Å²) in [6, 6.07) is 9.23. The summed E-state index contributed by atoms with van der Waals surface area (Å²) in [5.74, 6) is -21.1. The van der Waals surface area contributed by atoms with Gasteiger partial charge in [0.15, 0.2) is 0 Å². The highest BCUT2D eigenvalue weighted by atomic mass is 16.6. The fourth-order valence-electron chi connectivity index (χ4n) is 9.08. The summed E-state index contributed by atoms with van der Waals surface area (Å²) in [5.41, 5.74) is -2.06. The largest absolute Gasteiger partial charge is 0.481 e. The van der Waals surface area contributed by atoms with Crippen LogP contribution in [-0.2, 0) is 126 Å². The Balaban J connectivity index is -0.000000567. The van der Waals surface area contributed by atoms with E-state index in [9.17, 15) is 71.9 Å². The van der Waals surface area contributed by atoms with Gasteiger partial charge in [-0.05, 0) is 107 Å². The Morgan fingerprint density at radius 2 is 0.582 bits per heavy atom. The van der Waals surface area contributed by atoms with Crippen LogP contribution in [-0.4, -0.2) is 177 Å². The van der Waals surface area contributed by atoms with Crippen LogP contribution < -0.4 is 0 Å². The molecule has 0 aromatic heterocycles. The quantitative estimate of drug-likeness (QED) is 0.0316. The summed E-state index contributed by atoms with van der Waals surface area (Å²) in [6.45, 7) is 27.7. The van der Waals surface area contributed by atoms with Crippen molar-refractivity contribution in [3.63, 3.8) is 0 Å². The van der Waals surface area contributed by atoms with Crippen LogP contribution in [0.1, 0.15) is 155 Å². The van der Waals surface area contributed by atoms with Gasteiger partial charge in [0.2, 0.25) is 0 Å². The molecule has 30 heteroatoms. The summed E-state index contributed by atoms with van der Waals surface area (Å²) in [6.07, 6.45) is 0.344. The number of carbonyl (C=O) groups is 15. The number of benzene rings is 1. The van der Waals surface area contributed by atoms with Crippen molar-refractivity contribution in [3.05, 3.63) is 35.9 Å². The molecule has 0 spiro atoms. The molecule has 0 aliphatic rings. The van der Waals surface area contributed by atoms with E-state index in [-0.39, 0.29) is 65.1 Å². The number of hydrogen-bond donors (Lipinski definition) is 5. The second-order valence-electron chi connectivity index (χ2n) is 24.8. The van der Waals surface area contributed by atoms with Gasteiger partial charge >= 0.3 is 89.5 Å². The van der Waals surface area contributed by atoms with E-state index in [0.717, 1.165) is 5.56 Å². The third-order valence-electron chi connectivity index (χ3n) is 15.7. The van der Waals surface area contributed by atoms with Gasteiger partial charge in [-0.2, -0.15) is 0 Å². The molecule has 0 aliphatic heterocycles. The second kappa shape index (κ2) is 48.1. The van der Waals surface area contributed by atoms with Gasteiger partial charge in [-0.1, -0.05) is 78.8 Å². The highest BCUT2D eigenvalue weighted by molar-refractivity contribution is 5.86. The van der Waals surface area contributed by atoms with E-state index in [2.05, 4.69) is 23.7 Å².